The number of fused-ring (bicyclic) bond motifs is 1. The smallest absolute Gasteiger partial charge is 0.247 e. The summed E-state index contributed by atoms with van der Waals surface area (Å²) < 4.78 is 16.6. The Morgan fingerprint density at radius 3 is 2.88 bits per heavy atom. The number of rotatable bonds is 5. The van der Waals surface area contributed by atoms with Crippen molar-refractivity contribution >= 4 is 34.4 Å². The fraction of sp³-hybridized carbons (Fsp3) is 0.304. The number of nitriles is 1. The van der Waals surface area contributed by atoms with Gasteiger partial charge in [0.25, 0.3) is 0 Å². The Kier molecular flexibility index (Phi) is 5.77. The van der Waals surface area contributed by atoms with Gasteiger partial charge in [0, 0.05) is 37.9 Å². The fourth-order valence-corrected chi connectivity index (χ4v) is 3.99. The molecular weight excluding hydrogens is 409 g/mol. The molecule has 0 radical (unpaired) electrons. The highest BCUT2D eigenvalue weighted by molar-refractivity contribution is 6.00. The minimum atomic E-state index is -1.02. The quantitative estimate of drug-likeness (QED) is 0.599. The number of aromatic nitrogens is 3. The maximum Gasteiger partial charge on any atom is 0.247 e. The summed E-state index contributed by atoms with van der Waals surface area (Å²) >= 11 is 0. The molecule has 1 saturated heterocycles. The van der Waals surface area contributed by atoms with E-state index in [1.165, 1.54) is 12.3 Å². The minimum absolute atomic E-state index is 0.164. The number of hydrogen-bond donors (Lipinski definition) is 2. The molecule has 0 unspecified atom stereocenters. The van der Waals surface area contributed by atoms with Gasteiger partial charge in [0.15, 0.2) is 0 Å². The average Bonchev–Trinajstić information content (AvgIpc) is 3.09. The first-order chi connectivity index (χ1) is 15.4. The Morgan fingerprint density at radius 1 is 1.38 bits per heavy atom. The lowest BCUT2D eigenvalue weighted by molar-refractivity contribution is -0.111. The van der Waals surface area contributed by atoms with Crippen molar-refractivity contribution in [3.05, 3.63) is 54.2 Å². The zero-order valence-electron chi connectivity index (χ0n) is 18.0. The molecule has 0 aliphatic carbocycles. The maximum atomic E-state index is 14.6. The Balaban J connectivity index is 1.59. The number of piperidine rings is 1. The number of carbonyl (C=O) groups excluding carboxylic acids is 1. The average molecular weight is 433 g/mol. The number of amides is 1. The van der Waals surface area contributed by atoms with Gasteiger partial charge in [-0.25, -0.2) is 14.4 Å². The van der Waals surface area contributed by atoms with Gasteiger partial charge in [-0.15, -0.1) is 0 Å². The number of carbonyl (C=O) groups is 1. The molecule has 2 aromatic heterocycles. The van der Waals surface area contributed by atoms with E-state index in [-0.39, 0.29) is 18.5 Å². The van der Waals surface area contributed by atoms with Crippen LogP contribution in [0, 0.1) is 18.3 Å². The van der Waals surface area contributed by atoms with Gasteiger partial charge >= 0.3 is 0 Å². The van der Waals surface area contributed by atoms with Gasteiger partial charge in [0.2, 0.25) is 11.9 Å². The number of anilines is 3. The number of nitrogens with zero attached hydrogens (tertiary/aromatic N) is 5. The molecule has 9 heteroatoms. The van der Waals surface area contributed by atoms with Gasteiger partial charge < -0.3 is 20.1 Å². The third-order valence-corrected chi connectivity index (χ3v) is 5.57. The van der Waals surface area contributed by atoms with Crippen LogP contribution in [0.3, 0.4) is 0 Å². The van der Waals surface area contributed by atoms with E-state index in [4.69, 9.17) is 10.2 Å². The number of aryl methyl sites for hydroxylation is 2. The molecular formula is C23H24FN7O. The molecule has 3 aromatic rings. The molecule has 2 atom stereocenters. The number of imidazole rings is 1. The van der Waals surface area contributed by atoms with Crippen molar-refractivity contribution in [2.24, 2.45) is 7.05 Å². The minimum Gasteiger partial charge on any atom is -0.365 e. The summed E-state index contributed by atoms with van der Waals surface area (Å²) in [7, 11) is 1.90. The van der Waals surface area contributed by atoms with Crippen molar-refractivity contribution in [3.8, 4) is 6.07 Å². The van der Waals surface area contributed by atoms with Crippen LogP contribution >= 0.6 is 0 Å². The van der Waals surface area contributed by atoms with Gasteiger partial charge in [-0.3, -0.25) is 4.79 Å². The van der Waals surface area contributed by atoms with E-state index in [1.54, 1.807) is 12.1 Å². The molecule has 2 N–H and O–H groups in total. The summed E-state index contributed by atoms with van der Waals surface area (Å²) in [6.07, 6.45) is 2.05. The zero-order valence-corrected chi connectivity index (χ0v) is 18.0. The standard InChI is InChI=1S/C23H24FN7O/c1-4-22(32)28-18-9-19-20(7-14(18)2)30(3)23(29-19)31-12-16(24)8-17(13-31)27-21-6-5-15(10-25)11-26-21/h4-7,9,11,16-17H,1,8,12-13H2,2-3H3,(H,26,27)(H,28,32)/t16-,17-/m1/s1. The first-order valence-electron chi connectivity index (χ1n) is 10.3. The third kappa shape index (κ3) is 4.25. The van der Waals surface area contributed by atoms with Gasteiger partial charge in [0.05, 0.1) is 23.1 Å². The van der Waals surface area contributed by atoms with Crippen LogP contribution in [0.2, 0.25) is 0 Å². The van der Waals surface area contributed by atoms with Crippen molar-refractivity contribution in [2.75, 3.05) is 28.6 Å². The number of benzene rings is 1. The van der Waals surface area contributed by atoms with Gasteiger partial charge in [-0.05, 0) is 42.8 Å². The van der Waals surface area contributed by atoms with E-state index in [2.05, 4.69) is 22.2 Å². The first kappa shape index (κ1) is 21.3. The number of alkyl halides is 1. The third-order valence-electron chi connectivity index (χ3n) is 5.57. The summed E-state index contributed by atoms with van der Waals surface area (Å²) in [5.41, 5.74) is 3.65. The van der Waals surface area contributed by atoms with Crippen LogP contribution in [0.4, 0.5) is 21.8 Å². The molecule has 1 aliphatic heterocycles. The van der Waals surface area contributed by atoms with E-state index < -0.39 is 6.17 Å². The highest BCUT2D eigenvalue weighted by Gasteiger charge is 2.30. The molecule has 4 rings (SSSR count). The number of nitrogens with one attached hydrogen (secondary N) is 2. The summed E-state index contributed by atoms with van der Waals surface area (Å²) in [5, 5.41) is 15.0. The fourth-order valence-electron chi connectivity index (χ4n) is 3.99. The summed E-state index contributed by atoms with van der Waals surface area (Å²) in [6.45, 7) is 6.19. The monoisotopic (exact) mass is 433 g/mol. The summed E-state index contributed by atoms with van der Waals surface area (Å²) in [6, 6.07) is 9.05. The van der Waals surface area contributed by atoms with E-state index in [9.17, 15) is 9.18 Å². The van der Waals surface area contributed by atoms with Crippen LogP contribution in [0.15, 0.2) is 43.1 Å². The second-order valence-electron chi connectivity index (χ2n) is 7.94. The SMILES string of the molecule is C=CC(=O)Nc1cc2nc(N3C[C@H](F)C[C@@H](Nc4ccc(C#N)cn4)C3)n(C)c2cc1C. The zero-order chi connectivity index (χ0) is 22.8. The molecule has 8 nitrogen and oxygen atoms in total. The van der Waals surface area contributed by atoms with Crippen LogP contribution in [0.25, 0.3) is 11.0 Å². The molecule has 1 aliphatic rings. The molecule has 1 aromatic carbocycles. The van der Waals surface area contributed by atoms with Gasteiger partial charge in [-0.1, -0.05) is 6.58 Å². The molecule has 0 saturated carbocycles. The normalized spacial score (nSPS) is 18.2. The van der Waals surface area contributed by atoms with Crippen LogP contribution in [-0.2, 0) is 11.8 Å². The molecule has 3 heterocycles. The lowest BCUT2D eigenvalue weighted by Gasteiger charge is -2.35. The summed E-state index contributed by atoms with van der Waals surface area (Å²) in [4.78, 5) is 22.6. The lowest BCUT2D eigenvalue weighted by atomic mass is 10.0. The van der Waals surface area contributed by atoms with Crippen LogP contribution < -0.4 is 15.5 Å². The first-order valence-corrected chi connectivity index (χ1v) is 10.3. The number of pyridine rings is 1. The summed E-state index contributed by atoms with van der Waals surface area (Å²) in [5.74, 6) is 0.977. The Hall–Kier alpha value is -3.93. The number of halogens is 1. The predicted molar refractivity (Wildman–Crippen MR) is 122 cm³/mol. The van der Waals surface area contributed by atoms with Crippen molar-refractivity contribution in [2.45, 2.75) is 25.6 Å². The highest BCUT2D eigenvalue weighted by atomic mass is 19.1. The Morgan fingerprint density at radius 2 is 2.19 bits per heavy atom. The van der Waals surface area contributed by atoms with Crippen molar-refractivity contribution in [1.82, 2.24) is 14.5 Å². The van der Waals surface area contributed by atoms with Crippen LogP contribution in [-0.4, -0.2) is 45.7 Å². The van der Waals surface area contributed by atoms with Crippen molar-refractivity contribution < 1.29 is 9.18 Å². The second kappa shape index (κ2) is 8.67. The van der Waals surface area contributed by atoms with E-state index in [0.717, 1.165) is 11.1 Å². The highest BCUT2D eigenvalue weighted by Crippen LogP contribution is 2.29. The van der Waals surface area contributed by atoms with Gasteiger partial charge in [-0.2, -0.15) is 5.26 Å². The Bertz CT molecular complexity index is 1210. The van der Waals surface area contributed by atoms with E-state index in [0.29, 0.717) is 41.5 Å². The second-order valence-corrected chi connectivity index (χ2v) is 7.94. The maximum absolute atomic E-state index is 14.6. The molecule has 0 spiro atoms. The molecule has 32 heavy (non-hydrogen) atoms. The number of hydrogen-bond acceptors (Lipinski definition) is 6. The molecule has 1 amide bonds. The van der Waals surface area contributed by atoms with Crippen LogP contribution in [0.1, 0.15) is 17.5 Å². The predicted octanol–water partition coefficient (Wildman–Crippen LogP) is 3.30. The van der Waals surface area contributed by atoms with Gasteiger partial charge in [0.1, 0.15) is 18.1 Å². The van der Waals surface area contributed by atoms with Crippen LogP contribution in [0.5, 0.6) is 0 Å². The topological polar surface area (TPSA) is 98.9 Å². The lowest BCUT2D eigenvalue weighted by Crippen LogP contribution is -2.48. The molecule has 1 fully saturated rings. The molecule has 164 valence electrons. The Labute approximate surface area is 185 Å². The molecule has 0 bridgehead atoms. The largest absolute Gasteiger partial charge is 0.365 e. The van der Waals surface area contributed by atoms with Crippen molar-refractivity contribution in [1.29, 1.82) is 5.26 Å². The van der Waals surface area contributed by atoms with Crippen molar-refractivity contribution in [3.63, 3.8) is 0 Å². The van der Waals surface area contributed by atoms with E-state index >= 15 is 0 Å². The van der Waals surface area contributed by atoms with E-state index in [1.807, 2.05) is 41.6 Å².